The van der Waals surface area contributed by atoms with Crippen LogP contribution in [0.5, 0.6) is 5.88 Å². The molecular weight excluding hydrogens is 346 g/mol. The number of pyridine rings is 2. The average Bonchev–Trinajstić information content (AvgIpc) is 2.72. The highest BCUT2D eigenvalue weighted by molar-refractivity contribution is 6.00. The number of ether oxygens (including phenoxy) is 2. The third-order valence-electron chi connectivity index (χ3n) is 4.23. The maximum absolute atomic E-state index is 9.59. The van der Waals surface area contributed by atoms with E-state index in [1.165, 1.54) is 0 Å². The van der Waals surface area contributed by atoms with Gasteiger partial charge >= 0.3 is 0 Å². The van der Waals surface area contributed by atoms with E-state index in [1.807, 2.05) is 37.3 Å². The number of morpholine rings is 1. The van der Waals surface area contributed by atoms with Gasteiger partial charge in [-0.05, 0) is 31.2 Å². The van der Waals surface area contributed by atoms with Crippen molar-refractivity contribution in [3.05, 3.63) is 53.5 Å². The van der Waals surface area contributed by atoms with Gasteiger partial charge < -0.3 is 9.47 Å². The van der Waals surface area contributed by atoms with Crippen LogP contribution in [0.1, 0.15) is 17.0 Å². The Morgan fingerprint density at radius 2 is 2.15 bits per heavy atom. The number of nitrogens with zero attached hydrogens (tertiary/aromatic N) is 4. The number of hydroxylamine groups is 1. The van der Waals surface area contributed by atoms with Crippen LogP contribution in [-0.4, -0.2) is 65.3 Å². The second-order valence-corrected chi connectivity index (χ2v) is 6.21. The average molecular weight is 371 g/mol. The fourth-order valence-corrected chi connectivity index (χ4v) is 2.76. The highest BCUT2D eigenvalue weighted by atomic mass is 16.5. The summed E-state index contributed by atoms with van der Waals surface area (Å²) in [6.07, 6.45) is 1.72. The topological polar surface area (TPSA) is 92.1 Å². The second kappa shape index (κ2) is 9.96. The molecule has 1 saturated heterocycles. The van der Waals surface area contributed by atoms with E-state index in [9.17, 15) is 5.21 Å². The zero-order valence-corrected chi connectivity index (χ0v) is 15.5. The standard InChI is InChI=1S/C19H25N5O3/c1-15-5-6-17(19(22-15)27-14-16-4-2-3-7-20-16)18(23-25)21-8-9-24-10-12-26-13-11-24/h2-7,25H,8-14H2,1H3,(H,21,23). The van der Waals surface area contributed by atoms with Crippen molar-refractivity contribution in [2.75, 3.05) is 39.4 Å². The van der Waals surface area contributed by atoms with Crippen LogP contribution >= 0.6 is 0 Å². The molecule has 2 N–H and O–H groups in total. The summed E-state index contributed by atoms with van der Waals surface area (Å²) >= 11 is 0. The molecule has 0 amide bonds. The molecule has 0 bridgehead atoms. The summed E-state index contributed by atoms with van der Waals surface area (Å²) in [5.74, 6) is 0.749. The van der Waals surface area contributed by atoms with E-state index in [1.54, 1.807) is 6.20 Å². The summed E-state index contributed by atoms with van der Waals surface area (Å²) in [5, 5.41) is 9.59. The summed E-state index contributed by atoms with van der Waals surface area (Å²) in [6.45, 7) is 6.85. The van der Waals surface area contributed by atoms with Crippen LogP contribution in [0.4, 0.5) is 0 Å². The van der Waals surface area contributed by atoms with Gasteiger partial charge in [0.05, 0.1) is 31.0 Å². The molecule has 1 aliphatic rings. The van der Waals surface area contributed by atoms with Crippen LogP contribution in [0.3, 0.4) is 0 Å². The Hall–Kier alpha value is -2.55. The number of amidine groups is 1. The van der Waals surface area contributed by atoms with Gasteiger partial charge in [0.15, 0.2) is 5.84 Å². The Morgan fingerprint density at radius 3 is 2.89 bits per heavy atom. The number of aliphatic imine (C=N–C) groups is 1. The molecule has 3 rings (SSSR count). The lowest BCUT2D eigenvalue weighted by atomic mass is 10.2. The van der Waals surface area contributed by atoms with Crippen molar-refractivity contribution >= 4 is 5.84 Å². The Balaban J connectivity index is 1.69. The first-order valence-electron chi connectivity index (χ1n) is 9.01. The van der Waals surface area contributed by atoms with E-state index in [-0.39, 0.29) is 6.61 Å². The largest absolute Gasteiger partial charge is 0.471 e. The summed E-state index contributed by atoms with van der Waals surface area (Å²) in [7, 11) is 0. The van der Waals surface area contributed by atoms with Crippen molar-refractivity contribution in [3.8, 4) is 5.88 Å². The van der Waals surface area contributed by atoms with E-state index in [2.05, 4.69) is 25.3 Å². The first-order valence-corrected chi connectivity index (χ1v) is 9.01. The van der Waals surface area contributed by atoms with Gasteiger partial charge in [0.2, 0.25) is 5.88 Å². The predicted octanol–water partition coefficient (Wildman–Crippen LogP) is 1.42. The van der Waals surface area contributed by atoms with Crippen LogP contribution in [-0.2, 0) is 11.3 Å². The van der Waals surface area contributed by atoms with E-state index in [0.29, 0.717) is 23.8 Å². The van der Waals surface area contributed by atoms with Crippen LogP contribution in [0.25, 0.3) is 0 Å². The van der Waals surface area contributed by atoms with Crippen molar-refractivity contribution in [1.82, 2.24) is 20.3 Å². The first kappa shape index (κ1) is 19.2. The Labute approximate surface area is 158 Å². The minimum absolute atomic E-state index is 0.288. The van der Waals surface area contributed by atoms with E-state index < -0.39 is 0 Å². The third-order valence-corrected chi connectivity index (χ3v) is 4.23. The van der Waals surface area contributed by atoms with Gasteiger partial charge in [-0.1, -0.05) is 6.07 Å². The number of hydrogen-bond acceptors (Lipinski definition) is 7. The molecule has 0 aliphatic carbocycles. The van der Waals surface area contributed by atoms with Gasteiger partial charge in [-0.3, -0.25) is 25.6 Å². The number of aryl methyl sites for hydroxylation is 1. The normalized spacial score (nSPS) is 15.6. The van der Waals surface area contributed by atoms with Crippen molar-refractivity contribution < 1.29 is 14.7 Å². The number of aromatic nitrogens is 2. The molecule has 0 aromatic carbocycles. The molecule has 0 spiro atoms. The lowest BCUT2D eigenvalue weighted by molar-refractivity contribution is 0.0394. The molecule has 0 saturated carbocycles. The van der Waals surface area contributed by atoms with E-state index >= 15 is 0 Å². The van der Waals surface area contributed by atoms with Crippen molar-refractivity contribution in [2.45, 2.75) is 13.5 Å². The molecule has 8 nitrogen and oxygen atoms in total. The van der Waals surface area contributed by atoms with Gasteiger partial charge in [0.25, 0.3) is 0 Å². The maximum Gasteiger partial charge on any atom is 0.225 e. The molecule has 3 heterocycles. The van der Waals surface area contributed by atoms with Crippen molar-refractivity contribution in [2.24, 2.45) is 4.99 Å². The third kappa shape index (κ3) is 5.72. The SMILES string of the molecule is Cc1ccc(C(=NCCN2CCOCC2)NO)c(OCc2ccccn2)n1. The second-order valence-electron chi connectivity index (χ2n) is 6.21. The van der Waals surface area contributed by atoms with E-state index in [4.69, 9.17) is 9.47 Å². The summed E-state index contributed by atoms with van der Waals surface area (Å²) in [5.41, 5.74) is 4.42. The zero-order chi connectivity index (χ0) is 18.9. The first-order chi connectivity index (χ1) is 13.3. The summed E-state index contributed by atoms with van der Waals surface area (Å²) in [6, 6.07) is 9.35. The number of hydrogen-bond donors (Lipinski definition) is 2. The predicted molar refractivity (Wildman–Crippen MR) is 101 cm³/mol. The Kier molecular flexibility index (Phi) is 7.09. The molecule has 1 aliphatic heterocycles. The quantitative estimate of drug-likeness (QED) is 0.432. The minimum atomic E-state index is 0.288. The lowest BCUT2D eigenvalue weighted by Gasteiger charge is -2.25. The monoisotopic (exact) mass is 371 g/mol. The van der Waals surface area contributed by atoms with Crippen LogP contribution in [0, 0.1) is 6.92 Å². The van der Waals surface area contributed by atoms with Gasteiger partial charge in [-0.25, -0.2) is 4.98 Å². The Morgan fingerprint density at radius 1 is 1.30 bits per heavy atom. The molecule has 2 aromatic rings. The van der Waals surface area contributed by atoms with Crippen LogP contribution < -0.4 is 10.2 Å². The molecule has 1 fully saturated rings. The summed E-state index contributed by atoms with van der Waals surface area (Å²) < 4.78 is 11.2. The molecular formula is C19H25N5O3. The van der Waals surface area contributed by atoms with Crippen LogP contribution in [0.15, 0.2) is 41.5 Å². The smallest absolute Gasteiger partial charge is 0.225 e. The molecule has 0 unspecified atom stereocenters. The fourth-order valence-electron chi connectivity index (χ4n) is 2.76. The highest BCUT2D eigenvalue weighted by Crippen LogP contribution is 2.18. The van der Waals surface area contributed by atoms with E-state index in [0.717, 1.165) is 44.2 Å². The fraction of sp³-hybridized carbons (Fsp3) is 0.421. The Bertz CT molecular complexity index is 748. The maximum atomic E-state index is 9.59. The molecule has 0 atom stereocenters. The lowest BCUT2D eigenvalue weighted by Crippen LogP contribution is -2.38. The van der Waals surface area contributed by atoms with Gasteiger partial charge in [-0.2, -0.15) is 0 Å². The minimum Gasteiger partial charge on any atom is -0.471 e. The van der Waals surface area contributed by atoms with Gasteiger partial charge in [-0.15, -0.1) is 0 Å². The molecule has 0 radical (unpaired) electrons. The zero-order valence-electron chi connectivity index (χ0n) is 15.5. The van der Waals surface area contributed by atoms with Crippen LogP contribution in [0.2, 0.25) is 0 Å². The van der Waals surface area contributed by atoms with Gasteiger partial charge in [0.1, 0.15) is 6.61 Å². The van der Waals surface area contributed by atoms with Gasteiger partial charge in [0, 0.05) is 31.5 Å². The summed E-state index contributed by atoms with van der Waals surface area (Å²) in [4.78, 5) is 15.5. The molecule has 27 heavy (non-hydrogen) atoms. The molecule has 2 aromatic heterocycles. The highest BCUT2D eigenvalue weighted by Gasteiger charge is 2.14. The van der Waals surface area contributed by atoms with Crippen molar-refractivity contribution in [3.63, 3.8) is 0 Å². The van der Waals surface area contributed by atoms with Crippen molar-refractivity contribution in [1.29, 1.82) is 0 Å². The number of rotatable bonds is 7. The molecule has 144 valence electrons. The molecule has 8 heteroatoms. The number of nitrogens with one attached hydrogen (secondary N) is 1.